The standard InChI is InChI=1S/C22H17N5OS2/c1-14-25-26-22(27(14)16-10-6-3-7-11-16)30-13-18-23-20(28)19-17(12-29-21(19)24-18)15-8-4-2-5-9-15/h2-12H,13H2,1H3,(H,23,24,28). The highest BCUT2D eigenvalue weighted by atomic mass is 32.2. The third-order valence-electron chi connectivity index (χ3n) is 4.73. The number of thioether (sulfide) groups is 1. The molecule has 0 aliphatic rings. The highest BCUT2D eigenvalue weighted by molar-refractivity contribution is 7.98. The first-order valence-electron chi connectivity index (χ1n) is 9.37. The van der Waals surface area contributed by atoms with Crippen molar-refractivity contribution in [3.63, 3.8) is 0 Å². The summed E-state index contributed by atoms with van der Waals surface area (Å²) in [5.41, 5.74) is 2.83. The Morgan fingerprint density at radius 2 is 1.77 bits per heavy atom. The Kier molecular flexibility index (Phi) is 4.94. The zero-order valence-corrected chi connectivity index (χ0v) is 17.7. The lowest BCUT2D eigenvalue weighted by atomic mass is 10.1. The van der Waals surface area contributed by atoms with Crippen LogP contribution in [0.3, 0.4) is 0 Å². The number of rotatable bonds is 5. The van der Waals surface area contributed by atoms with Crippen molar-refractivity contribution >= 4 is 33.3 Å². The number of hydrogen-bond donors (Lipinski definition) is 1. The van der Waals surface area contributed by atoms with Crippen molar-refractivity contribution in [1.29, 1.82) is 0 Å². The van der Waals surface area contributed by atoms with Crippen molar-refractivity contribution < 1.29 is 0 Å². The van der Waals surface area contributed by atoms with Crippen LogP contribution in [-0.2, 0) is 5.75 Å². The second kappa shape index (κ2) is 7.89. The number of fused-ring (bicyclic) bond motifs is 1. The summed E-state index contributed by atoms with van der Waals surface area (Å²) in [7, 11) is 0. The van der Waals surface area contributed by atoms with E-state index in [0.717, 1.165) is 32.6 Å². The quantitative estimate of drug-likeness (QED) is 0.403. The van der Waals surface area contributed by atoms with Crippen LogP contribution in [0, 0.1) is 6.92 Å². The zero-order chi connectivity index (χ0) is 20.5. The Balaban J connectivity index is 1.45. The lowest BCUT2D eigenvalue weighted by Gasteiger charge is -2.08. The first-order chi connectivity index (χ1) is 14.7. The number of aryl methyl sites for hydroxylation is 1. The second-order valence-corrected chi connectivity index (χ2v) is 8.50. The average Bonchev–Trinajstić information content (AvgIpc) is 3.37. The third-order valence-corrected chi connectivity index (χ3v) is 6.54. The minimum Gasteiger partial charge on any atom is -0.309 e. The second-order valence-electron chi connectivity index (χ2n) is 6.70. The molecule has 0 aliphatic heterocycles. The van der Waals surface area contributed by atoms with Gasteiger partial charge in [-0.05, 0) is 24.6 Å². The molecule has 6 nitrogen and oxygen atoms in total. The molecule has 3 aromatic heterocycles. The number of hydrogen-bond acceptors (Lipinski definition) is 6. The smallest absolute Gasteiger partial charge is 0.260 e. The molecule has 0 radical (unpaired) electrons. The van der Waals surface area contributed by atoms with Crippen LogP contribution < -0.4 is 5.56 Å². The topological polar surface area (TPSA) is 76.5 Å². The van der Waals surface area contributed by atoms with Crippen molar-refractivity contribution in [2.75, 3.05) is 0 Å². The maximum atomic E-state index is 12.8. The van der Waals surface area contributed by atoms with Crippen LogP contribution in [0.1, 0.15) is 11.6 Å². The predicted octanol–water partition coefficient (Wildman–Crippen LogP) is 4.83. The van der Waals surface area contributed by atoms with Gasteiger partial charge in [-0.15, -0.1) is 21.5 Å². The van der Waals surface area contributed by atoms with Crippen molar-refractivity contribution in [3.05, 3.63) is 88.0 Å². The summed E-state index contributed by atoms with van der Waals surface area (Å²) in [6.45, 7) is 1.92. The number of aromatic nitrogens is 5. The Morgan fingerprint density at radius 3 is 2.53 bits per heavy atom. The van der Waals surface area contributed by atoms with E-state index in [2.05, 4.69) is 15.2 Å². The van der Waals surface area contributed by atoms with E-state index in [4.69, 9.17) is 4.98 Å². The minimum absolute atomic E-state index is 0.114. The summed E-state index contributed by atoms with van der Waals surface area (Å²) in [4.78, 5) is 21.2. The molecule has 8 heteroatoms. The van der Waals surface area contributed by atoms with Gasteiger partial charge in [-0.25, -0.2) is 4.98 Å². The van der Waals surface area contributed by atoms with Crippen LogP contribution >= 0.6 is 23.1 Å². The van der Waals surface area contributed by atoms with Gasteiger partial charge in [0.2, 0.25) is 0 Å². The van der Waals surface area contributed by atoms with Gasteiger partial charge in [0.25, 0.3) is 5.56 Å². The maximum absolute atomic E-state index is 12.8. The van der Waals surface area contributed by atoms with Gasteiger partial charge in [-0.2, -0.15) is 0 Å². The molecule has 0 aliphatic carbocycles. The summed E-state index contributed by atoms with van der Waals surface area (Å²) in [5, 5.41) is 11.9. The SMILES string of the molecule is Cc1nnc(SCc2nc3scc(-c4ccccc4)c3c(=O)[nH]2)n1-c1ccccc1. The van der Waals surface area contributed by atoms with Crippen LogP contribution in [0.4, 0.5) is 0 Å². The molecule has 3 heterocycles. The fraction of sp³-hybridized carbons (Fsp3) is 0.0909. The first-order valence-corrected chi connectivity index (χ1v) is 11.2. The number of aromatic amines is 1. The molecule has 0 spiro atoms. The van der Waals surface area contributed by atoms with Gasteiger partial charge in [0, 0.05) is 16.6 Å². The highest BCUT2D eigenvalue weighted by Gasteiger charge is 2.15. The largest absolute Gasteiger partial charge is 0.309 e. The summed E-state index contributed by atoms with van der Waals surface area (Å²) in [6, 6.07) is 19.9. The molecule has 0 bridgehead atoms. The van der Waals surface area contributed by atoms with E-state index >= 15 is 0 Å². The molecule has 0 amide bonds. The third kappa shape index (κ3) is 3.44. The number of para-hydroxylation sites is 1. The minimum atomic E-state index is -0.114. The lowest BCUT2D eigenvalue weighted by Crippen LogP contribution is -2.11. The molecule has 148 valence electrons. The fourth-order valence-electron chi connectivity index (χ4n) is 3.34. The van der Waals surface area contributed by atoms with Gasteiger partial charge in [-0.3, -0.25) is 9.36 Å². The van der Waals surface area contributed by atoms with Crippen molar-refractivity contribution in [3.8, 4) is 16.8 Å². The van der Waals surface area contributed by atoms with E-state index in [9.17, 15) is 4.79 Å². The summed E-state index contributed by atoms with van der Waals surface area (Å²) >= 11 is 2.99. The average molecular weight is 432 g/mol. The number of H-pyrrole nitrogens is 1. The van der Waals surface area contributed by atoms with Gasteiger partial charge in [-0.1, -0.05) is 60.3 Å². The molecular weight excluding hydrogens is 414 g/mol. The van der Waals surface area contributed by atoms with E-state index in [1.165, 1.54) is 23.1 Å². The normalized spacial score (nSPS) is 11.2. The summed E-state index contributed by atoms with van der Waals surface area (Å²) in [6.07, 6.45) is 0. The molecule has 0 unspecified atom stereocenters. The van der Waals surface area contributed by atoms with Crippen molar-refractivity contribution in [1.82, 2.24) is 24.7 Å². The van der Waals surface area contributed by atoms with Crippen molar-refractivity contribution in [2.24, 2.45) is 0 Å². The van der Waals surface area contributed by atoms with Crippen LogP contribution in [0.25, 0.3) is 27.0 Å². The van der Waals surface area contributed by atoms with Crippen LogP contribution in [0.5, 0.6) is 0 Å². The lowest BCUT2D eigenvalue weighted by molar-refractivity contribution is 0.866. The molecule has 0 atom stereocenters. The molecule has 30 heavy (non-hydrogen) atoms. The van der Waals surface area contributed by atoms with Gasteiger partial charge < -0.3 is 4.98 Å². The van der Waals surface area contributed by atoms with E-state index in [1.807, 2.05) is 77.5 Å². The highest BCUT2D eigenvalue weighted by Crippen LogP contribution is 2.31. The predicted molar refractivity (Wildman–Crippen MR) is 121 cm³/mol. The Labute approximate surface area is 180 Å². The monoisotopic (exact) mass is 431 g/mol. The Bertz CT molecular complexity index is 1370. The maximum Gasteiger partial charge on any atom is 0.260 e. The van der Waals surface area contributed by atoms with Crippen LogP contribution in [-0.4, -0.2) is 24.7 Å². The summed E-state index contributed by atoms with van der Waals surface area (Å²) in [5.74, 6) is 1.93. The number of nitrogens with zero attached hydrogens (tertiary/aromatic N) is 4. The number of benzene rings is 2. The van der Waals surface area contributed by atoms with Crippen molar-refractivity contribution in [2.45, 2.75) is 17.8 Å². The Hall–Kier alpha value is -3.23. The molecule has 0 saturated carbocycles. The van der Waals surface area contributed by atoms with E-state index in [-0.39, 0.29) is 5.56 Å². The van der Waals surface area contributed by atoms with Crippen LogP contribution in [0.15, 0.2) is 76.0 Å². The van der Waals surface area contributed by atoms with E-state index < -0.39 is 0 Å². The zero-order valence-electron chi connectivity index (χ0n) is 16.1. The molecule has 0 fully saturated rings. The molecular formula is C22H17N5OS2. The van der Waals surface area contributed by atoms with Gasteiger partial charge in [0.1, 0.15) is 16.5 Å². The van der Waals surface area contributed by atoms with Gasteiger partial charge in [0.15, 0.2) is 5.16 Å². The van der Waals surface area contributed by atoms with Crippen LogP contribution in [0.2, 0.25) is 0 Å². The van der Waals surface area contributed by atoms with E-state index in [1.54, 1.807) is 0 Å². The number of nitrogens with one attached hydrogen (secondary N) is 1. The fourth-order valence-corrected chi connectivity index (χ4v) is 5.17. The molecule has 0 saturated heterocycles. The first kappa shape index (κ1) is 18.8. The molecule has 1 N–H and O–H groups in total. The Morgan fingerprint density at radius 1 is 1.03 bits per heavy atom. The molecule has 2 aromatic carbocycles. The molecule has 5 rings (SSSR count). The van der Waals surface area contributed by atoms with Gasteiger partial charge in [0.05, 0.1) is 11.1 Å². The number of thiophene rings is 1. The summed E-state index contributed by atoms with van der Waals surface area (Å²) < 4.78 is 2.00. The van der Waals surface area contributed by atoms with Gasteiger partial charge >= 0.3 is 0 Å². The molecule has 5 aromatic rings. The van der Waals surface area contributed by atoms with E-state index in [0.29, 0.717) is 17.0 Å².